The van der Waals surface area contributed by atoms with Crippen molar-refractivity contribution >= 4 is 11.1 Å². The van der Waals surface area contributed by atoms with Crippen molar-refractivity contribution in [3.8, 4) is 0 Å². The Morgan fingerprint density at radius 2 is 2.25 bits per heavy atom. The lowest BCUT2D eigenvalue weighted by Gasteiger charge is -2.07. The fourth-order valence-electron chi connectivity index (χ4n) is 2.09. The summed E-state index contributed by atoms with van der Waals surface area (Å²) in [6.07, 6.45) is 0. The molecule has 84 valence electrons. The van der Waals surface area contributed by atoms with Crippen molar-refractivity contribution in [2.75, 3.05) is 13.2 Å². The Labute approximate surface area is 93.4 Å². The summed E-state index contributed by atoms with van der Waals surface area (Å²) in [4.78, 5) is 4.48. The second-order valence-corrected chi connectivity index (χ2v) is 4.28. The Morgan fingerprint density at radius 1 is 1.38 bits per heavy atom. The van der Waals surface area contributed by atoms with Crippen LogP contribution < -0.4 is 5.73 Å². The van der Waals surface area contributed by atoms with Gasteiger partial charge in [-0.25, -0.2) is 4.98 Å². The first kappa shape index (κ1) is 9.81. The van der Waals surface area contributed by atoms with Gasteiger partial charge in [-0.1, -0.05) is 12.1 Å². The van der Waals surface area contributed by atoms with Crippen LogP contribution in [-0.4, -0.2) is 24.2 Å². The Kier molecular flexibility index (Phi) is 2.19. The van der Waals surface area contributed by atoms with Gasteiger partial charge >= 0.3 is 0 Å². The number of aryl methyl sites for hydroxylation is 1. The molecule has 0 bridgehead atoms. The number of hydrogen-bond acceptors (Lipinski definition) is 4. The van der Waals surface area contributed by atoms with Crippen LogP contribution in [0, 0.1) is 6.92 Å². The third-order valence-electron chi connectivity index (χ3n) is 3.07. The summed E-state index contributed by atoms with van der Waals surface area (Å²) < 4.78 is 11.1. The molecule has 1 aromatic carbocycles. The van der Waals surface area contributed by atoms with Gasteiger partial charge in [0.05, 0.1) is 19.1 Å². The quantitative estimate of drug-likeness (QED) is 0.789. The molecule has 1 fully saturated rings. The first-order valence-corrected chi connectivity index (χ1v) is 5.45. The normalized spacial score (nSPS) is 25.4. The highest BCUT2D eigenvalue weighted by Crippen LogP contribution is 2.28. The number of para-hydroxylation sites is 1. The lowest BCUT2D eigenvalue weighted by Crippen LogP contribution is -2.26. The van der Waals surface area contributed by atoms with E-state index in [1.807, 2.05) is 25.1 Å². The Balaban J connectivity index is 2.08. The average Bonchev–Trinajstić information content (AvgIpc) is 2.84. The van der Waals surface area contributed by atoms with Gasteiger partial charge in [0.2, 0.25) is 5.89 Å². The minimum atomic E-state index is -0.00614. The predicted molar refractivity (Wildman–Crippen MR) is 60.3 cm³/mol. The van der Waals surface area contributed by atoms with Crippen molar-refractivity contribution in [3.63, 3.8) is 0 Å². The SMILES string of the molecule is Cc1cccc2nc(C3COCC3N)oc12. The van der Waals surface area contributed by atoms with Crippen LogP contribution in [0.5, 0.6) is 0 Å². The number of ether oxygens (including phenoxy) is 1. The van der Waals surface area contributed by atoms with Crippen molar-refractivity contribution in [2.24, 2.45) is 5.73 Å². The highest BCUT2D eigenvalue weighted by Gasteiger charge is 2.30. The van der Waals surface area contributed by atoms with Crippen LogP contribution in [0.4, 0.5) is 0 Å². The van der Waals surface area contributed by atoms with Crippen LogP contribution in [0.15, 0.2) is 22.6 Å². The molecular weight excluding hydrogens is 204 g/mol. The van der Waals surface area contributed by atoms with E-state index in [0.29, 0.717) is 19.1 Å². The fraction of sp³-hybridized carbons (Fsp3) is 0.417. The Morgan fingerprint density at radius 3 is 2.94 bits per heavy atom. The van der Waals surface area contributed by atoms with Crippen LogP contribution in [0.25, 0.3) is 11.1 Å². The average molecular weight is 218 g/mol. The standard InChI is InChI=1S/C12H14N2O2/c1-7-3-2-4-10-11(7)16-12(14-10)8-5-15-6-9(8)13/h2-4,8-9H,5-6,13H2,1H3. The zero-order valence-electron chi connectivity index (χ0n) is 9.14. The number of nitrogens with zero attached hydrogens (tertiary/aromatic N) is 1. The number of nitrogens with two attached hydrogens (primary N) is 1. The molecule has 0 radical (unpaired) electrons. The molecule has 4 nitrogen and oxygen atoms in total. The molecule has 3 rings (SSSR count). The summed E-state index contributed by atoms with van der Waals surface area (Å²) in [6, 6.07) is 5.95. The molecular formula is C12H14N2O2. The van der Waals surface area contributed by atoms with Crippen molar-refractivity contribution in [3.05, 3.63) is 29.7 Å². The van der Waals surface area contributed by atoms with Gasteiger partial charge < -0.3 is 14.9 Å². The molecule has 4 heteroatoms. The smallest absolute Gasteiger partial charge is 0.202 e. The van der Waals surface area contributed by atoms with E-state index in [4.69, 9.17) is 14.9 Å². The topological polar surface area (TPSA) is 61.3 Å². The summed E-state index contributed by atoms with van der Waals surface area (Å²) >= 11 is 0. The number of benzene rings is 1. The summed E-state index contributed by atoms with van der Waals surface area (Å²) in [5, 5.41) is 0. The molecule has 1 aliphatic rings. The maximum Gasteiger partial charge on any atom is 0.202 e. The molecule has 0 saturated carbocycles. The van der Waals surface area contributed by atoms with Crippen molar-refractivity contribution < 1.29 is 9.15 Å². The first-order chi connectivity index (χ1) is 7.75. The maximum absolute atomic E-state index is 5.95. The number of fused-ring (bicyclic) bond motifs is 1. The van der Waals surface area contributed by atoms with E-state index in [1.54, 1.807) is 0 Å². The van der Waals surface area contributed by atoms with E-state index >= 15 is 0 Å². The van der Waals surface area contributed by atoms with Crippen molar-refractivity contribution in [1.82, 2.24) is 4.98 Å². The highest BCUT2D eigenvalue weighted by atomic mass is 16.5. The second-order valence-electron chi connectivity index (χ2n) is 4.28. The third-order valence-corrected chi connectivity index (χ3v) is 3.07. The number of hydrogen-bond donors (Lipinski definition) is 1. The van der Waals surface area contributed by atoms with Gasteiger partial charge in [0.1, 0.15) is 5.52 Å². The molecule has 0 spiro atoms. The van der Waals surface area contributed by atoms with Crippen LogP contribution in [0.2, 0.25) is 0 Å². The van der Waals surface area contributed by atoms with E-state index in [2.05, 4.69) is 4.98 Å². The van der Waals surface area contributed by atoms with Gasteiger partial charge in [-0.2, -0.15) is 0 Å². The largest absolute Gasteiger partial charge is 0.440 e. The third kappa shape index (κ3) is 1.42. The summed E-state index contributed by atoms with van der Waals surface area (Å²) in [5.41, 5.74) is 8.80. The Bertz CT molecular complexity index is 521. The van der Waals surface area contributed by atoms with Crippen LogP contribution >= 0.6 is 0 Å². The lowest BCUT2D eigenvalue weighted by molar-refractivity contribution is 0.188. The van der Waals surface area contributed by atoms with Gasteiger partial charge in [0.25, 0.3) is 0 Å². The lowest BCUT2D eigenvalue weighted by atomic mass is 10.1. The van der Waals surface area contributed by atoms with Gasteiger partial charge in [-0.3, -0.25) is 0 Å². The summed E-state index contributed by atoms with van der Waals surface area (Å²) in [7, 11) is 0. The summed E-state index contributed by atoms with van der Waals surface area (Å²) in [6.45, 7) is 3.21. The molecule has 1 aliphatic heterocycles. The van der Waals surface area contributed by atoms with Crippen LogP contribution in [0.1, 0.15) is 17.4 Å². The number of aromatic nitrogens is 1. The second kappa shape index (κ2) is 3.57. The molecule has 2 aromatic rings. The van der Waals surface area contributed by atoms with E-state index in [1.165, 1.54) is 0 Å². The monoisotopic (exact) mass is 218 g/mol. The maximum atomic E-state index is 5.95. The molecule has 2 heterocycles. The molecule has 2 N–H and O–H groups in total. The van der Waals surface area contributed by atoms with Gasteiger partial charge in [-0.15, -0.1) is 0 Å². The van der Waals surface area contributed by atoms with Gasteiger partial charge in [0.15, 0.2) is 5.58 Å². The van der Waals surface area contributed by atoms with E-state index in [0.717, 1.165) is 16.7 Å². The van der Waals surface area contributed by atoms with E-state index in [9.17, 15) is 0 Å². The van der Waals surface area contributed by atoms with Gasteiger partial charge in [0, 0.05) is 6.04 Å². The first-order valence-electron chi connectivity index (χ1n) is 5.45. The molecule has 2 atom stereocenters. The van der Waals surface area contributed by atoms with Gasteiger partial charge in [-0.05, 0) is 18.6 Å². The van der Waals surface area contributed by atoms with E-state index < -0.39 is 0 Å². The van der Waals surface area contributed by atoms with E-state index in [-0.39, 0.29) is 12.0 Å². The number of rotatable bonds is 1. The molecule has 1 aromatic heterocycles. The fourth-order valence-corrected chi connectivity index (χ4v) is 2.09. The molecule has 2 unspecified atom stereocenters. The Hall–Kier alpha value is -1.39. The van der Waals surface area contributed by atoms with Crippen LogP contribution in [0.3, 0.4) is 0 Å². The minimum absolute atomic E-state index is 0.00614. The highest BCUT2D eigenvalue weighted by molar-refractivity contribution is 5.76. The molecule has 0 amide bonds. The molecule has 0 aliphatic carbocycles. The predicted octanol–water partition coefficient (Wildman–Crippen LogP) is 1.58. The summed E-state index contributed by atoms with van der Waals surface area (Å²) in [5.74, 6) is 0.793. The number of oxazole rings is 1. The molecule has 16 heavy (non-hydrogen) atoms. The van der Waals surface area contributed by atoms with Crippen molar-refractivity contribution in [2.45, 2.75) is 18.9 Å². The van der Waals surface area contributed by atoms with Crippen LogP contribution in [-0.2, 0) is 4.74 Å². The van der Waals surface area contributed by atoms with Crippen molar-refractivity contribution in [1.29, 1.82) is 0 Å². The zero-order valence-corrected chi connectivity index (χ0v) is 9.14. The zero-order chi connectivity index (χ0) is 11.1. The minimum Gasteiger partial charge on any atom is -0.440 e. The molecule has 1 saturated heterocycles.